The molecule has 1 N–H and O–H groups in total. The smallest absolute Gasteiger partial charge is 0.427 e. The molecule has 0 fully saturated rings. The van der Waals surface area contributed by atoms with Crippen LogP contribution in [0.25, 0.3) is 11.3 Å². The molecule has 0 atom stereocenters. The zero-order valence-electron chi connectivity index (χ0n) is 10.1. The van der Waals surface area contributed by atoms with Crippen molar-refractivity contribution in [2.45, 2.75) is 0 Å². The van der Waals surface area contributed by atoms with Crippen LogP contribution in [0.1, 0.15) is 5.76 Å². The number of carbonyl (C=O) groups is 1. The number of hydrogen-bond donors (Lipinski definition) is 1. The van der Waals surface area contributed by atoms with Crippen LogP contribution < -0.4 is 5.43 Å². The van der Waals surface area contributed by atoms with Gasteiger partial charge in [-0.2, -0.15) is 5.10 Å². The van der Waals surface area contributed by atoms with Crippen molar-refractivity contribution in [1.29, 1.82) is 0 Å². The molecule has 2 aromatic rings. The number of nitrogens with one attached hydrogen (secondary N) is 1. The molecule has 19 heavy (non-hydrogen) atoms. The SMILES string of the molecule is COC(=O)N/N=C\c1ccc(-c2cccc(Br)c2)o1. The second-order valence-corrected chi connectivity index (χ2v) is 4.49. The number of furan rings is 1. The van der Waals surface area contributed by atoms with Gasteiger partial charge in [-0.05, 0) is 24.3 Å². The van der Waals surface area contributed by atoms with E-state index in [9.17, 15) is 4.79 Å². The fourth-order valence-electron chi connectivity index (χ4n) is 1.41. The minimum atomic E-state index is -0.630. The van der Waals surface area contributed by atoms with E-state index in [0.29, 0.717) is 5.76 Å². The first-order valence-electron chi connectivity index (χ1n) is 5.42. The lowest BCUT2D eigenvalue weighted by Crippen LogP contribution is -2.16. The maximum Gasteiger partial charge on any atom is 0.427 e. The molecule has 0 radical (unpaired) electrons. The molecule has 5 nitrogen and oxygen atoms in total. The summed E-state index contributed by atoms with van der Waals surface area (Å²) in [5, 5.41) is 3.68. The van der Waals surface area contributed by atoms with E-state index in [-0.39, 0.29) is 0 Å². The standard InChI is InChI=1S/C13H11BrN2O3/c1-18-13(17)16-15-8-11-5-6-12(19-11)9-3-2-4-10(14)7-9/h2-8H,1H3,(H,16,17)/b15-8-. The first-order chi connectivity index (χ1) is 9.19. The van der Waals surface area contributed by atoms with E-state index in [1.54, 1.807) is 6.07 Å². The molecule has 0 aliphatic carbocycles. The highest BCUT2D eigenvalue weighted by Gasteiger charge is 2.03. The topological polar surface area (TPSA) is 63.8 Å². The summed E-state index contributed by atoms with van der Waals surface area (Å²) < 4.78 is 10.9. The molecule has 6 heteroatoms. The molecule has 1 heterocycles. The molecule has 0 bridgehead atoms. The predicted molar refractivity (Wildman–Crippen MR) is 75.0 cm³/mol. The summed E-state index contributed by atoms with van der Waals surface area (Å²) in [5.41, 5.74) is 3.13. The van der Waals surface area contributed by atoms with Gasteiger partial charge in [0.05, 0.1) is 13.3 Å². The van der Waals surface area contributed by atoms with E-state index in [1.807, 2.05) is 30.3 Å². The van der Waals surface area contributed by atoms with Gasteiger partial charge in [-0.25, -0.2) is 10.2 Å². The van der Waals surface area contributed by atoms with Crippen molar-refractivity contribution in [3.63, 3.8) is 0 Å². The monoisotopic (exact) mass is 322 g/mol. The van der Waals surface area contributed by atoms with E-state index >= 15 is 0 Å². The lowest BCUT2D eigenvalue weighted by Gasteiger charge is -1.97. The number of ether oxygens (including phenoxy) is 1. The molecule has 98 valence electrons. The summed E-state index contributed by atoms with van der Waals surface area (Å²) in [6, 6.07) is 11.4. The van der Waals surface area contributed by atoms with Gasteiger partial charge >= 0.3 is 6.09 Å². The van der Waals surface area contributed by atoms with Crippen molar-refractivity contribution >= 4 is 28.2 Å². The number of halogens is 1. The van der Waals surface area contributed by atoms with Crippen molar-refractivity contribution in [2.24, 2.45) is 5.10 Å². The van der Waals surface area contributed by atoms with Gasteiger partial charge in [0.25, 0.3) is 0 Å². The molecule has 1 aromatic carbocycles. The zero-order valence-corrected chi connectivity index (χ0v) is 11.7. The summed E-state index contributed by atoms with van der Waals surface area (Å²) in [6.45, 7) is 0. The van der Waals surface area contributed by atoms with Gasteiger partial charge < -0.3 is 9.15 Å². The summed E-state index contributed by atoms with van der Waals surface area (Å²) in [6.07, 6.45) is 0.772. The Hall–Kier alpha value is -2.08. The van der Waals surface area contributed by atoms with E-state index in [2.05, 4.69) is 31.2 Å². The van der Waals surface area contributed by atoms with Crippen molar-refractivity contribution in [2.75, 3.05) is 7.11 Å². The highest BCUT2D eigenvalue weighted by molar-refractivity contribution is 9.10. The Kier molecular flexibility index (Phi) is 4.35. The molecule has 0 unspecified atom stereocenters. The third-order valence-corrected chi connectivity index (χ3v) is 2.76. The first-order valence-corrected chi connectivity index (χ1v) is 6.21. The largest absolute Gasteiger partial charge is 0.455 e. The van der Waals surface area contributed by atoms with E-state index in [1.165, 1.54) is 13.3 Å². The quantitative estimate of drug-likeness (QED) is 0.695. The molecule has 1 aromatic heterocycles. The highest BCUT2D eigenvalue weighted by atomic mass is 79.9. The maximum atomic E-state index is 10.8. The zero-order chi connectivity index (χ0) is 13.7. The Balaban J connectivity index is 2.09. The van der Waals surface area contributed by atoms with Crippen LogP contribution in [0, 0.1) is 0 Å². The van der Waals surface area contributed by atoms with Gasteiger partial charge in [-0.15, -0.1) is 0 Å². The number of nitrogens with zero attached hydrogens (tertiary/aromatic N) is 1. The Morgan fingerprint density at radius 3 is 3.00 bits per heavy atom. The number of hydrogen-bond acceptors (Lipinski definition) is 4. The van der Waals surface area contributed by atoms with Crippen LogP contribution >= 0.6 is 15.9 Å². The van der Waals surface area contributed by atoms with Crippen molar-refractivity contribution in [3.05, 3.63) is 46.6 Å². The number of amides is 1. The summed E-state index contributed by atoms with van der Waals surface area (Å²) in [5.74, 6) is 1.26. The third kappa shape index (κ3) is 3.69. The molecule has 0 saturated heterocycles. The van der Waals surface area contributed by atoms with Gasteiger partial charge in [0.1, 0.15) is 11.5 Å². The fourth-order valence-corrected chi connectivity index (χ4v) is 1.81. The van der Waals surface area contributed by atoms with Crippen LogP contribution in [0.5, 0.6) is 0 Å². The van der Waals surface area contributed by atoms with E-state index in [4.69, 9.17) is 4.42 Å². The van der Waals surface area contributed by atoms with Crippen molar-refractivity contribution in [1.82, 2.24) is 5.43 Å². The van der Waals surface area contributed by atoms with Crippen molar-refractivity contribution < 1.29 is 13.9 Å². The second kappa shape index (κ2) is 6.19. The number of benzene rings is 1. The molecule has 2 rings (SSSR count). The van der Waals surface area contributed by atoms with Crippen molar-refractivity contribution in [3.8, 4) is 11.3 Å². The van der Waals surface area contributed by atoms with Gasteiger partial charge in [-0.1, -0.05) is 28.1 Å². The summed E-state index contributed by atoms with van der Waals surface area (Å²) in [4.78, 5) is 10.8. The third-order valence-electron chi connectivity index (χ3n) is 2.27. The number of methoxy groups -OCH3 is 1. The normalized spacial score (nSPS) is 10.6. The molecule has 1 amide bonds. The molecular formula is C13H11BrN2O3. The average Bonchev–Trinajstić information content (AvgIpc) is 2.87. The number of rotatable bonds is 3. The Morgan fingerprint density at radius 2 is 2.26 bits per heavy atom. The second-order valence-electron chi connectivity index (χ2n) is 3.57. The number of hydrazone groups is 1. The summed E-state index contributed by atoms with van der Waals surface area (Å²) >= 11 is 3.40. The number of carbonyl (C=O) groups excluding carboxylic acids is 1. The minimum Gasteiger partial charge on any atom is -0.455 e. The van der Waals surface area contributed by atoms with Gasteiger partial charge in [0.2, 0.25) is 0 Å². The Labute approximate surface area is 118 Å². The average molecular weight is 323 g/mol. The summed E-state index contributed by atoms with van der Waals surface area (Å²) in [7, 11) is 1.27. The molecular weight excluding hydrogens is 312 g/mol. The van der Waals surface area contributed by atoms with Crippen LogP contribution in [0.3, 0.4) is 0 Å². The van der Waals surface area contributed by atoms with Crippen LogP contribution in [0.4, 0.5) is 4.79 Å². The van der Waals surface area contributed by atoms with Crippen LogP contribution in [-0.2, 0) is 4.74 Å². The predicted octanol–water partition coefficient (Wildman–Crippen LogP) is 3.40. The molecule has 0 saturated carbocycles. The van der Waals surface area contributed by atoms with Crippen LogP contribution in [-0.4, -0.2) is 19.4 Å². The van der Waals surface area contributed by atoms with E-state index in [0.717, 1.165) is 15.8 Å². The lowest BCUT2D eigenvalue weighted by atomic mass is 10.2. The lowest BCUT2D eigenvalue weighted by molar-refractivity contribution is 0.171. The van der Waals surface area contributed by atoms with Crippen LogP contribution in [0.2, 0.25) is 0 Å². The van der Waals surface area contributed by atoms with Gasteiger partial charge in [0.15, 0.2) is 0 Å². The first kappa shape index (κ1) is 13.4. The molecule has 0 aliphatic heterocycles. The molecule has 0 aliphatic rings. The highest BCUT2D eigenvalue weighted by Crippen LogP contribution is 2.24. The van der Waals surface area contributed by atoms with Crippen LogP contribution in [0.15, 0.2) is 50.4 Å². The maximum absolute atomic E-state index is 10.8. The minimum absolute atomic E-state index is 0.534. The Bertz CT molecular complexity index is 607. The van der Waals surface area contributed by atoms with Gasteiger partial charge in [0, 0.05) is 10.0 Å². The van der Waals surface area contributed by atoms with E-state index < -0.39 is 6.09 Å². The van der Waals surface area contributed by atoms with Gasteiger partial charge in [-0.3, -0.25) is 0 Å². The molecule has 0 spiro atoms. The fraction of sp³-hybridized carbons (Fsp3) is 0.0769. The Morgan fingerprint density at radius 1 is 1.42 bits per heavy atom.